The van der Waals surface area contributed by atoms with E-state index in [-0.39, 0.29) is 30.9 Å². The van der Waals surface area contributed by atoms with Crippen LogP contribution >= 0.6 is 0 Å². The van der Waals surface area contributed by atoms with Crippen LogP contribution in [-0.4, -0.2) is 41.8 Å². The average molecular weight is 465 g/mol. The number of aliphatic carboxylic acids is 1. The van der Waals surface area contributed by atoms with Crippen molar-refractivity contribution in [2.75, 3.05) is 6.61 Å². The number of fused-ring (bicyclic) bond motifs is 3. The molecule has 0 saturated heterocycles. The molecule has 0 radical (unpaired) electrons. The van der Waals surface area contributed by atoms with Gasteiger partial charge in [-0.15, -0.1) is 0 Å². The maximum Gasteiger partial charge on any atom is 0.407 e. The van der Waals surface area contributed by atoms with E-state index < -0.39 is 29.4 Å². The summed E-state index contributed by atoms with van der Waals surface area (Å²) in [5, 5.41) is 14.9. The minimum atomic E-state index is -1.08. The number of carbonyl (C=O) groups excluding carboxylic acids is 2. The van der Waals surface area contributed by atoms with Crippen molar-refractivity contribution in [2.45, 2.75) is 58.0 Å². The van der Waals surface area contributed by atoms with Crippen LogP contribution in [0.4, 0.5) is 4.79 Å². The molecule has 4 rings (SSSR count). The summed E-state index contributed by atoms with van der Waals surface area (Å²) in [6.07, 6.45) is 1.30. The standard InChI is InChI=1S/C27H32N2O5/c1-27(2,3)24(25(31)32)29-23(30)14-22(16-12-13-16)28-26(33)34-15-21-19-10-6-4-8-17(19)18-9-5-7-11-20(18)21/h4-11,16,21-22,24H,12-15H2,1-3H3,(H,28,33)(H,29,30)(H,31,32)/t22?,24-/m1/s1. The van der Waals surface area contributed by atoms with E-state index in [9.17, 15) is 19.5 Å². The predicted molar refractivity (Wildman–Crippen MR) is 128 cm³/mol. The number of rotatable bonds is 8. The van der Waals surface area contributed by atoms with E-state index in [1.165, 1.54) is 0 Å². The molecule has 2 aromatic carbocycles. The fourth-order valence-electron chi connectivity index (χ4n) is 4.69. The zero-order chi connectivity index (χ0) is 24.5. The maximum atomic E-state index is 12.7. The molecule has 34 heavy (non-hydrogen) atoms. The van der Waals surface area contributed by atoms with Gasteiger partial charge in [-0.1, -0.05) is 69.3 Å². The molecule has 0 bridgehead atoms. The number of amides is 2. The Hall–Kier alpha value is -3.35. The molecule has 2 atom stereocenters. The van der Waals surface area contributed by atoms with Crippen molar-refractivity contribution in [3.63, 3.8) is 0 Å². The van der Waals surface area contributed by atoms with Gasteiger partial charge in [0.25, 0.3) is 0 Å². The Bertz CT molecular complexity index is 1040. The molecular weight excluding hydrogens is 432 g/mol. The molecule has 180 valence electrons. The Morgan fingerprint density at radius 2 is 1.53 bits per heavy atom. The average Bonchev–Trinajstić information content (AvgIpc) is 3.58. The Morgan fingerprint density at radius 1 is 0.971 bits per heavy atom. The van der Waals surface area contributed by atoms with Crippen molar-refractivity contribution in [1.29, 1.82) is 0 Å². The Labute approximate surface area is 199 Å². The summed E-state index contributed by atoms with van der Waals surface area (Å²) >= 11 is 0. The lowest BCUT2D eigenvalue weighted by atomic mass is 9.86. The summed E-state index contributed by atoms with van der Waals surface area (Å²) in [6, 6.07) is 14.9. The van der Waals surface area contributed by atoms with Crippen LogP contribution in [0, 0.1) is 11.3 Å². The molecular formula is C27H32N2O5. The molecule has 1 unspecified atom stereocenters. The first kappa shape index (κ1) is 23.8. The fourth-order valence-corrected chi connectivity index (χ4v) is 4.69. The van der Waals surface area contributed by atoms with Crippen LogP contribution in [0.1, 0.15) is 57.1 Å². The van der Waals surface area contributed by atoms with Gasteiger partial charge in [0.1, 0.15) is 12.6 Å². The first-order valence-electron chi connectivity index (χ1n) is 11.8. The molecule has 2 aliphatic rings. The molecule has 0 spiro atoms. The van der Waals surface area contributed by atoms with Gasteiger partial charge >= 0.3 is 12.1 Å². The molecule has 7 heteroatoms. The van der Waals surface area contributed by atoms with Crippen molar-refractivity contribution >= 4 is 18.0 Å². The molecule has 2 aromatic rings. The predicted octanol–water partition coefficient (Wildman–Crippen LogP) is 4.31. The second kappa shape index (κ2) is 9.49. The van der Waals surface area contributed by atoms with Gasteiger partial charge < -0.3 is 20.5 Å². The van der Waals surface area contributed by atoms with Crippen molar-refractivity contribution in [2.24, 2.45) is 11.3 Å². The molecule has 7 nitrogen and oxygen atoms in total. The normalized spacial score (nSPS) is 16.7. The third-order valence-electron chi connectivity index (χ3n) is 6.66. The lowest BCUT2D eigenvalue weighted by Gasteiger charge is -2.28. The molecule has 0 aliphatic heterocycles. The van der Waals surface area contributed by atoms with E-state index in [4.69, 9.17) is 4.74 Å². The van der Waals surface area contributed by atoms with E-state index in [0.717, 1.165) is 35.1 Å². The second-order valence-electron chi connectivity index (χ2n) is 10.3. The van der Waals surface area contributed by atoms with Gasteiger partial charge in [0, 0.05) is 18.4 Å². The van der Waals surface area contributed by atoms with Crippen LogP contribution in [0.3, 0.4) is 0 Å². The van der Waals surface area contributed by atoms with Crippen molar-refractivity contribution < 1.29 is 24.2 Å². The van der Waals surface area contributed by atoms with Gasteiger partial charge in [-0.2, -0.15) is 0 Å². The van der Waals surface area contributed by atoms with Crippen LogP contribution in [0.2, 0.25) is 0 Å². The first-order chi connectivity index (χ1) is 16.1. The number of hydrogen-bond acceptors (Lipinski definition) is 4. The van der Waals surface area contributed by atoms with E-state index in [1.807, 2.05) is 24.3 Å². The number of nitrogens with one attached hydrogen (secondary N) is 2. The monoisotopic (exact) mass is 464 g/mol. The van der Waals surface area contributed by atoms with E-state index in [2.05, 4.69) is 34.9 Å². The van der Waals surface area contributed by atoms with E-state index >= 15 is 0 Å². The Morgan fingerprint density at radius 3 is 2.03 bits per heavy atom. The highest BCUT2D eigenvalue weighted by Gasteiger charge is 2.37. The Balaban J connectivity index is 1.36. The highest BCUT2D eigenvalue weighted by Crippen LogP contribution is 2.44. The number of carboxylic acid groups (broad SMARTS) is 1. The number of benzene rings is 2. The first-order valence-corrected chi connectivity index (χ1v) is 11.8. The van der Waals surface area contributed by atoms with Crippen LogP contribution in [0.15, 0.2) is 48.5 Å². The summed E-state index contributed by atoms with van der Waals surface area (Å²) in [7, 11) is 0. The molecule has 2 aliphatic carbocycles. The summed E-state index contributed by atoms with van der Waals surface area (Å²) in [5.74, 6) is -1.31. The van der Waals surface area contributed by atoms with Gasteiger partial charge in [-0.3, -0.25) is 4.79 Å². The highest BCUT2D eigenvalue weighted by molar-refractivity contribution is 5.85. The summed E-state index contributed by atoms with van der Waals surface area (Å²) < 4.78 is 5.63. The van der Waals surface area contributed by atoms with Gasteiger partial charge in [0.2, 0.25) is 5.91 Å². The third kappa shape index (κ3) is 5.24. The minimum Gasteiger partial charge on any atom is -0.480 e. The summed E-state index contributed by atoms with van der Waals surface area (Å²) in [5.41, 5.74) is 3.96. The van der Waals surface area contributed by atoms with Gasteiger partial charge in [0.15, 0.2) is 0 Å². The van der Waals surface area contributed by atoms with E-state index in [0.29, 0.717) is 0 Å². The van der Waals surface area contributed by atoms with Crippen LogP contribution in [0.5, 0.6) is 0 Å². The zero-order valence-corrected chi connectivity index (χ0v) is 19.8. The molecule has 1 fully saturated rings. The molecule has 1 saturated carbocycles. The van der Waals surface area contributed by atoms with Crippen LogP contribution in [-0.2, 0) is 14.3 Å². The van der Waals surface area contributed by atoms with Gasteiger partial charge in [-0.05, 0) is 46.4 Å². The molecule has 0 heterocycles. The van der Waals surface area contributed by atoms with Crippen LogP contribution < -0.4 is 10.6 Å². The highest BCUT2D eigenvalue weighted by atomic mass is 16.5. The van der Waals surface area contributed by atoms with Crippen LogP contribution in [0.25, 0.3) is 11.1 Å². The number of carboxylic acids is 1. The lowest BCUT2D eigenvalue weighted by Crippen LogP contribution is -2.51. The quantitative estimate of drug-likeness (QED) is 0.540. The number of alkyl carbamates (subject to hydrolysis) is 1. The third-order valence-corrected chi connectivity index (χ3v) is 6.66. The van der Waals surface area contributed by atoms with Crippen molar-refractivity contribution in [3.05, 3.63) is 59.7 Å². The SMILES string of the molecule is CC(C)(C)[C@H](NC(=O)CC(NC(=O)OCC1c2ccccc2-c2ccccc21)C1CC1)C(=O)O. The lowest BCUT2D eigenvalue weighted by molar-refractivity contribution is -0.145. The smallest absolute Gasteiger partial charge is 0.407 e. The second-order valence-corrected chi connectivity index (χ2v) is 10.3. The van der Waals surface area contributed by atoms with Gasteiger partial charge in [0.05, 0.1) is 0 Å². The van der Waals surface area contributed by atoms with E-state index in [1.54, 1.807) is 20.8 Å². The summed E-state index contributed by atoms with van der Waals surface area (Å²) in [6.45, 7) is 5.49. The summed E-state index contributed by atoms with van der Waals surface area (Å²) in [4.78, 5) is 36.9. The maximum absolute atomic E-state index is 12.7. The molecule has 0 aromatic heterocycles. The topological polar surface area (TPSA) is 105 Å². The van der Waals surface area contributed by atoms with Crippen molar-refractivity contribution in [3.8, 4) is 11.1 Å². The largest absolute Gasteiger partial charge is 0.480 e. The number of carbonyl (C=O) groups is 3. The van der Waals surface area contributed by atoms with Gasteiger partial charge in [-0.25, -0.2) is 9.59 Å². The van der Waals surface area contributed by atoms with Crippen molar-refractivity contribution in [1.82, 2.24) is 10.6 Å². The minimum absolute atomic E-state index is 0.0225. The Kier molecular flexibility index (Phi) is 6.64. The number of ether oxygens (including phenoxy) is 1. The number of hydrogen-bond donors (Lipinski definition) is 3. The zero-order valence-electron chi connectivity index (χ0n) is 19.8. The molecule has 3 N–H and O–H groups in total. The molecule has 2 amide bonds. The fraction of sp³-hybridized carbons (Fsp3) is 0.444.